The van der Waals surface area contributed by atoms with Gasteiger partial charge in [0.05, 0.1) is 0 Å². The number of carbonyl (C=O) groups excluding carboxylic acids is 1. The lowest BCUT2D eigenvalue weighted by atomic mass is 10.1. The predicted octanol–water partition coefficient (Wildman–Crippen LogP) is -0.828. The third kappa shape index (κ3) is 5.11. The number of hydrogen-bond acceptors (Lipinski definition) is 4. The molecule has 0 atom stereocenters. The largest absolute Gasteiger partial charge is 0.375 e. The Balaban J connectivity index is 2.02. The minimum Gasteiger partial charge on any atom is -0.375 e. The van der Waals surface area contributed by atoms with Gasteiger partial charge in [-0.25, -0.2) is 0 Å². The fraction of sp³-hybridized carbons (Fsp3) is 0.900. The number of nitrogens with zero attached hydrogens (tertiary/aromatic N) is 1. The molecule has 88 valence electrons. The molecule has 1 aliphatic heterocycles. The number of hydrogen-bond donors (Lipinski definition) is 2. The lowest BCUT2D eigenvalue weighted by Gasteiger charge is -2.29. The zero-order valence-electron chi connectivity index (χ0n) is 9.37. The summed E-state index contributed by atoms with van der Waals surface area (Å²) in [6.45, 7) is 3.83. The Morgan fingerprint density at radius 1 is 1.53 bits per heavy atom. The van der Waals surface area contributed by atoms with Gasteiger partial charge in [0, 0.05) is 26.2 Å². The van der Waals surface area contributed by atoms with Gasteiger partial charge < -0.3 is 20.7 Å². The van der Waals surface area contributed by atoms with Crippen LogP contribution in [0.2, 0.25) is 0 Å². The molecule has 0 aromatic carbocycles. The summed E-state index contributed by atoms with van der Waals surface area (Å²) in [5.74, 6) is -0.0498. The zero-order chi connectivity index (χ0) is 11.1. The van der Waals surface area contributed by atoms with Gasteiger partial charge in [0.2, 0.25) is 5.91 Å². The molecule has 0 aromatic rings. The van der Waals surface area contributed by atoms with Gasteiger partial charge in [0.25, 0.3) is 0 Å². The molecule has 3 N–H and O–H groups in total. The Bertz CT molecular complexity index is 191. The molecule has 5 heteroatoms. The van der Waals surface area contributed by atoms with E-state index in [0.29, 0.717) is 12.6 Å². The van der Waals surface area contributed by atoms with Crippen LogP contribution < -0.4 is 11.1 Å². The molecule has 1 fully saturated rings. The molecule has 15 heavy (non-hydrogen) atoms. The van der Waals surface area contributed by atoms with Crippen molar-refractivity contribution in [3.63, 3.8) is 0 Å². The summed E-state index contributed by atoms with van der Waals surface area (Å²) in [5, 5.41) is 2.81. The van der Waals surface area contributed by atoms with Crippen LogP contribution in [0.3, 0.4) is 0 Å². The van der Waals surface area contributed by atoms with Gasteiger partial charge in [-0.15, -0.1) is 0 Å². The molecule has 1 aliphatic rings. The molecule has 0 radical (unpaired) electrons. The molecule has 5 nitrogen and oxygen atoms in total. The van der Waals surface area contributed by atoms with Crippen LogP contribution in [-0.2, 0) is 9.53 Å². The molecule has 0 aliphatic carbocycles. The van der Waals surface area contributed by atoms with E-state index in [1.165, 1.54) is 7.11 Å². The van der Waals surface area contributed by atoms with Crippen molar-refractivity contribution < 1.29 is 9.53 Å². The Labute approximate surface area is 90.9 Å². The number of nitrogens with one attached hydrogen (secondary N) is 1. The quantitative estimate of drug-likeness (QED) is 0.628. The number of piperidine rings is 1. The van der Waals surface area contributed by atoms with Crippen LogP contribution in [0.25, 0.3) is 0 Å². The van der Waals surface area contributed by atoms with Crippen LogP contribution in [0.5, 0.6) is 0 Å². The fourth-order valence-electron chi connectivity index (χ4n) is 1.71. The fourth-order valence-corrected chi connectivity index (χ4v) is 1.71. The lowest BCUT2D eigenvalue weighted by molar-refractivity contribution is -0.124. The zero-order valence-corrected chi connectivity index (χ0v) is 9.37. The summed E-state index contributed by atoms with van der Waals surface area (Å²) in [6.07, 6.45) is 2.12. The van der Waals surface area contributed by atoms with Crippen LogP contribution >= 0.6 is 0 Å². The second-order valence-corrected chi connectivity index (χ2v) is 3.96. The molecular weight excluding hydrogens is 194 g/mol. The second-order valence-electron chi connectivity index (χ2n) is 3.96. The maximum absolute atomic E-state index is 11.1. The number of carbonyl (C=O) groups is 1. The highest BCUT2D eigenvalue weighted by Crippen LogP contribution is 2.06. The summed E-state index contributed by atoms with van der Waals surface area (Å²) >= 11 is 0. The minimum absolute atomic E-state index is 0.0498. The summed E-state index contributed by atoms with van der Waals surface area (Å²) in [4.78, 5) is 13.4. The van der Waals surface area contributed by atoms with Crippen LogP contribution in [-0.4, -0.2) is 56.7 Å². The number of methoxy groups -OCH3 is 1. The topological polar surface area (TPSA) is 67.6 Å². The summed E-state index contributed by atoms with van der Waals surface area (Å²) in [6, 6.07) is 0.365. The van der Waals surface area contributed by atoms with Gasteiger partial charge in [-0.3, -0.25) is 4.79 Å². The Morgan fingerprint density at radius 3 is 2.80 bits per heavy atom. The van der Waals surface area contributed by atoms with Crippen molar-refractivity contribution >= 4 is 5.91 Å². The van der Waals surface area contributed by atoms with E-state index in [2.05, 4.69) is 10.2 Å². The van der Waals surface area contributed by atoms with Crippen LogP contribution in [0.15, 0.2) is 0 Å². The first-order valence-electron chi connectivity index (χ1n) is 5.46. The maximum Gasteiger partial charge on any atom is 0.246 e. The highest BCUT2D eigenvalue weighted by molar-refractivity contribution is 5.77. The number of likely N-dealkylation sites (tertiary alicyclic amines) is 1. The van der Waals surface area contributed by atoms with E-state index in [9.17, 15) is 4.79 Å². The predicted molar refractivity (Wildman–Crippen MR) is 58.5 cm³/mol. The van der Waals surface area contributed by atoms with Gasteiger partial charge in [0.1, 0.15) is 6.61 Å². The van der Waals surface area contributed by atoms with E-state index < -0.39 is 0 Å². The van der Waals surface area contributed by atoms with Crippen molar-refractivity contribution in [2.75, 3.05) is 39.9 Å². The van der Waals surface area contributed by atoms with Gasteiger partial charge in [-0.05, 0) is 25.9 Å². The smallest absolute Gasteiger partial charge is 0.246 e. The van der Waals surface area contributed by atoms with E-state index in [0.717, 1.165) is 32.5 Å². The third-order valence-electron chi connectivity index (χ3n) is 2.66. The summed E-state index contributed by atoms with van der Waals surface area (Å²) in [7, 11) is 1.52. The van der Waals surface area contributed by atoms with Crippen molar-refractivity contribution in [3.8, 4) is 0 Å². The van der Waals surface area contributed by atoms with E-state index in [-0.39, 0.29) is 12.5 Å². The SMILES string of the molecule is COCC(=O)NCCN1CCC(N)CC1. The third-order valence-corrected chi connectivity index (χ3v) is 2.66. The van der Waals surface area contributed by atoms with Gasteiger partial charge in [0.15, 0.2) is 0 Å². The Kier molecular flexibility index (Phi) is 5.60. The molecule has 1 amide bonds. The average Bonchev–Trinajstić information content (AvgIpc) is 2.21. The van der Waals surface area contributed by atoms with Crippen LogP contribution in [0.4, 0.5) is 0 Å². The lowest BCUT2D eigenvalue weighted by Crippen LogP contribution is -2.43. The molecular formula is C10H21N3O2. The van der Waals surface area contributed by atoms with Gasteiger partial charge in [-0.2, -0.15) is 0 Å². The molecule has 1 saturated heterocycles. The number of nitrogens with two attached hydrogens (primary N) is 1. The first-order valence-corrected chi connectivity index (χ1v) is 5.46. The molecule has 0 spiro atoms. The van der Waals surface area contributed by atoms with E-state index >= 15 is 0 Å². The second kappa shape index (κ2) is 6.76. The molecule has 1 rings (SSSR count). The van der Waals surface area contributed by atoms with E-state index in [1.807, 2.05) is 0 Å². The van der Waals surface area contributed by atoms with E-state index in [4.69, 9.17) is 10.5 Å². The van der Waals surface area contributed by atoms with Gasteiger partial charge >= 0.3 is 0 Å². The highest BCUT2D eigenvalue weighted by atomic mass is 16.5. The summed E-state index contributed by atoms with van der Waals surface area (Å²) in [5.41, 5.74) is 5.80. The Hall–Kier alpha value is -0.650. The van der Waals surface area contributed by atoms with Crippen molar-refractivity contribution in [2.24, 2.45) is 5.73 Å². The number of ether oxygens (including phenoxy) is 1. The number of amides is 1. The molecule has 0 bridgehead atoms. The standard InChI is InChI=1S/C10H21N3O2/c1-15-8-10(14)12-4-7-13-5-2-9(11)3-6-13/h9H,2-8,11H2,1H3,(H,12,14). The minimum atomic E-state index is -0.0498. The van der Waals surface area contributed by atoms with Crippen molar-refractivity contribution in [1.82, 2.24) is 10.2 Å². The van der Waals surface area contributed by atoms with E-state index in [1.54, 1.807) is 0 Å². The molecule has 0 saturated carbocycles. The van der Waals surface area contributed by atoms with Crippen LogP contribution in [0.1, 0.15) is 12.8 Å². The Morgan fingerprint density at radius 2 is 2.20 bits per heavy atom. The number of rotatable bonds is 5. The molecule has 0 aromatic heterocycles. The normalized spacial score (nSPS) is 19.1. The maximum atomic E-state index is 11.1. The first kappa shape index (κ1) is 12.4. The van der Waals surface area contributed by atoms with Crippen LogP contribution in [0, 0.1) is 0 Å². The summed E-state index contributed by atoms with van der Waals surface area (Å²) < 4.78 is 4.72. The highest BCUT2D eigenvalue weighted by Gasteiger charge is 2.15. The van der Waals surface area contributed by atoms with Crippen molar-refractivity contribution in [1.29, 1.82) is 0 Å². The van der Waals surface area contributed by atoms with Crippen molar-refractivity contribution in [2.45, 2.75) is 18.9 Å². The monoisotopic (exact) mass is 215 g/mol. The van der Waals surface area contributed by atoms with Gasteiger partial charge in [-0.1, -0.05) is 0 Å². The average molecular weight is 215 g/mol. The molecule has 0 unspecified atom stereocenters. The first-order chi connectivity index (χ1) is 7.22. The van der Waals surface area contributed by atoms with Crippen molar-refractivity contribution in [3.05, 3.63) is 0 Å². The molecule has 1 heterocycles.